The molecule has 1 fully saturated rings. The summed E-state index contributed by atoms with van der Waals surface area (Å²) in [5, 5.41) is 7.50. The van der Waals surface area contributed by atoms with E-state index in [1.807, 2.05) is 0 Å². The second-order valence-electron chi connectivity index (χ2n) is 4.62. The number of nitrogens with two attached hydrogens (primary N) is 1. The first-order valence-corrected chi connectivity index (χ1v) is 7.60. The maximum Gasteiger partial charge on any atom is 0.233 e. The maximum absolute atomic E-state index is 12.0. The molecule has 1 aliphatic rings. The van der Waals surface area contributed by atoms with Gasteiger partial charge in [-0.1, -0.05) is 6.07 Å². The number of hydrogen-bond donors (Lipinski definition) is 3. The summed E-state index contributed by atoms with van der Waals surface area (Å²) in [5.74, 6) is 0.491. The fraction of sp³-hybridized carbons (Fsp3) is 0.417. The summed E-state index contributed by atoms with van der Waals surface area (Å²) < 4.78 is 31.6. The van der Waals surface area contributed by atoms with Gasteiger partial charge in [-0.15, -0.1) is 0 Å². The fourth-order valence-corrected chi connectivity index (χ4v) is 3.38. The van der Waals surface area contributed by atoms with Crippen molar-refractivity contribution in [3.05, 3.63) is 23.8 Å². The number of nitrogens with one attached hydrogen (secondary N) is 2. The Hall–Kier alpha value is -1.76. The zero-order chi connectivity index (χ0) is 14.0. The van der Waals surface area contributed by atoms with Gasteiger partial charge in [0, 0.05) is 5.56 Å². The summed E-state index contributed by atoms with van der Waals surface area (Å²) >= 11 is 0. The third-order valence-corrected chi connectivity index (χ3v) is 4.37. The number of ether oxygens (including phenoxy) is 1. The molecule has 0 saturated heterocycles. The molecule has 1 aliphatic carbocycles. The van der Waals surface area contributed by atoms with Gasteiger partial charge < -0.3 is 10.5 Å². The molecule has 104 valence electrons. The van der Waals surface area contributed by atoms with E-state index in [4.69, 9.17) is 15.9 Å². The van der Waals surface area contributed by atoms with Crippen molar-refractivity contribution in [2.24, 2.45) is 11.7 Å². The molecule has 0 aliphatic heterocycles. The highest BCUT2D eigenvalue weighted by atomic mass is 32.2. The van der Waals surface area contributed by atoms with Crippen LogP contribution in [-0.4, -0.2) is 27.1 Å². The largest absolute Gasteiger partial charge is 0.495 e. The Bertz CT molecular complexity index is 594. The third kappa shape index (κ3) is 3.37. The summed E-state index contributed by atoms with van der Waals surface area (Å²) in [4.78, 5) is 0. The summed E-state index contributed by atoms with van der Waals surface area (Å²) in [6.45, 7) is 0. The van der Waals surface area contributed by atoms with Gasteiger partial charge in [0.1, 0.15) is 17.3 Å². The lowest BCUT2D eigenvalue weighted by molar-refractivity contribution is 0.417. The topological polar surface area (TPSA) is 105 Å². The Balaban J connectivity index is 2.34. The van der Waals surface area contributed by atoms with Crippen LogP contribution >= 0.6 is 0 Å². The highest BCUT2D eigenvalue weighted by Gasteiger charge is 2.29. The van der Waals surface area contributed by atoms with Crippen LogP contribution in [-0.2, 0) is 10.0 Å². The molecular formula is C12H17N3O3S. The molecule has 1 aromatic rings. The zero-order valence-electron chi connectivity index (χ0n) is 10.6. The standard InChI is InChI=1S/C12H17N3O3S/c1-18-10-4-2-3-9(12(13)14)11(10)15-19(16,17)7-8-5-6-8/h2-4,8,15H,5-7H2,1H3,(H3,13,14). The highest BCUT2D eigenvalue weighted by molar-refractivity contribution is 7.92. The number of rotatable bonds is 6. The predicted molar refractivity (Wildman–Crippen MR) is 74.1 cm³/mol. The van der Waals surface area contributed by atoms with Gasteiger partial charge in [-0.3, -0.25) is 10.1 Å². The first-order chi connectivity index (χ1) is 8.93. The van der Waals surface area contributed by atoms with E-state index < -0.39 is 10.0 Å². The van der Waals surface area contributed by atoms with E-state index in [0.29, 0.717) is 11.3 Å². The van der Waals surface area contributed by atoms with Gasteiger partial charge >= 0.3 is 0 Å². The van der Waals surface area contributed by atoms with Gasteiger partial charge in [0.05, 0.1) is 12.9 Å². The lowest BCUT2D eigenvalue weighted by Crippen LogP contribution is -2.22. The SMILES string of the molecule is COc1cccc(C(=N)N)c1NS(=O)(=O)CC1CC1. The second kappa shape index (κ2) is 5.08. The van der Waals surface area contributed by atoms with Crippen molar-refractivity contribution in [2.45, 2.75) is 12.8 Å². The summed E-state index contributed by atoms with van der Waals surface area (Å²) in [5.41, 5.74) is 6.02. The number of sulfonamides is 1. The van der Waals surface area contributed by atoms with Crippen LogP contribution < -0.4 is 15.2 Å². The zero-order valence-corrected chi connectivity index (χ0v) is 11.5. The Morgan fingerprint density at radius 3 is 2.74 bits per heavy atom. The Morgan fingerprint density at radius 2 is 2.21 bits per heavy atom. The predicted octanol–water partition coefficient (Wildman–Crippen LogP) is 1.13. The molecule has 0 aromatic heterocycles. The summed E-state index contributed by atoms with van der Waals surface area (Å²) in [6, 6.07) is 4.87. The number of methoxy groups -OCH3 is 1. The van der Waals surface area contributed by atoms with Crippen molar-refractivity contribution in [1.29, 1.82) is 5.41 Å². The quantitative estimate of drug-likeness (QED) is 0.537. The molecule has 0 amide bonds. The number of nitrogen functional groups attached to an aromatic ring is 1. The van der Waals surface area contributed by atoms with Crippen LogP contribution in [0.15, 0.2) is 18.2 Å². The van der Waals surface area contributed by atoms with E-state index in [0.717, 1.165) is 12.8 Å². The van der Waals surface area contributed by atoms with E-state index in [1.54, 1.807) is 18.2 Å². The van der Waals surface area contributed by atoms with Crippen LogP contribution in [0.25, 0.3) is 0 Å². The summed E-state index contributed by atoms with van der Waals surface area (Å²) in [7, 11) is -2.00. The van der Waals surface area contributed by atoms with E-state index in [2.05, 4.69) is 4.72 Å². The van der Waals surface area contributed by atoms with E-state index in [-0.39, 0.29) is 23.2 Å². The van der Waals surface area contributed by atoms with Gasteiger partial charge in [0.15, 0.2) is 0 Å². The molecule has 1 aromatic carbocycles. The number of para-hydroxylation sites is 1. The van der Waals surface area contributed by atoms with Gasteiger partial charge in [0.25, 0.3) is 0 Å². The lowest BCUT2D eigenvalue weighted by Gasteiger charge is -2.15. The third-order valence-electron chi connectivity index (χ3n) is 2.95. The number of anilines is 1. The first-order valence-electron chi connectivity index (χ1n) is 5.95. The van der Waals surface area contributed by atoms with E-state index in [9.17, 15) is 8.42 Å². The minimum Gasteiger partial charge on any atom is -0.495 e. The molecular weight excluding hydrogens is 266 g/mol. The molecule has 0 unspecified atom stereocenters. The maximum atomic E-state index is 12.0. The van der Waals surface area contributed by atoms with Gasteiger partial charge in [-0.05, 0) is 30.9 Å². The van der Waals surface area contributed by atoms with Crippen molar-refractivity contribution < 1.29 is 13.2 Å². The highest BCUT2D eigenvalue weighted by Crippen LogP contribution is 2.33. The molecule has 0 heterocycles. The van der Waals surface area contributed by atoms with Crippen LogP contribution in [0.5, 0.6) is 5.75 Å². The number of amidine groups is 1. The second-order valence-corrected chi connectivity index (χ2v) is 6.39. The molecule has 6 nitrogen and oxygen atoms in total. The van der Waals surface area contributed by atoms with Crippen LogP contribution in [0, 0.1) is 11.3 Å². The molecule has 1 saturated carbocycles. The van der Waals surface area contributed by atoms with Crippen molar-refractivity contribution in [1.82, 2.24) is 0 Å². The first kappa shape index (κ1) is 13.7. The van der Waals surface area contributed by atoms with Crippen molar-refractivity contribution in [3.63, 3.8) is 0 Å². The fourth-order valence-electron chi connectivity index (χ4n) is 1.82. The van der Waals surface area contributed by atoms with Crippen molar-refractivity contribution in [3.8, 4) is 5.75 Å². The average Bonchev–Trinajstić information content (AvgIpc) is 3.11. The molecule has 0 bridgehead atoms. The monoisotopic (exact) mass is 283 g/mol. The smallest absolute Gasteiger partial charge is 0.233 e. The van der Waals surface area contributed by atoms with Crippen LogP contribution in [0.1, 0.15) is 18.4 Å². The molecule has 19 heavy (non-hydrogen) atoms. The Labute approximate surface area is 112 Å². The minimum absolute atomic E-state index is 0.0996. The van der Waals surface area contributed by atoms with Gasteiger partial charge in [-0.2, -0.15) is 0 Å². The van der Waals surface area contributed by atoms with Crippen LogP contribution in [0.3, 0.4) is 0 Å². The molecule has 0 radical (unpaired) electrons. The molecule has 2 rings (SSSR count). The molecule has 4 N–H and O–H groups in total. The van der Waals surface area contributed by atoms with Crippen molar-refractivity contribution >= 4 is 21.5 Å². The van der Waals surface area contributed by atoms with Crippen molar-refractivity contribution in [2.75, 3.05) is 17.6 Å². The average molecular weight is 283 g/mol. The van der Waals surface area contributed by atoms with Gasteiger partial charge in [0.2, 0.25) is 10.0 Å². The molecule has 7 heteroatoms. The van der Waals surface area contributed by atoms with E-state index in [1.165, 1.54) is 7.11 Å². The Kier molecular flexibility index (Phi) is 3.66. The normalized spacial score (nSPS) is 15.0. The number of hydrogen-bond acceptors (Lipinski definition) is 4. The van der Waals surface area contributed by atoms with E-state index >= 15 is 0 Å². The Morgan fingerprint density at radius 1 is 1.53 bits per heavy atom. The number of benzene rings is 1. The molecule has 0 atom stereocenters. The van der Waals surface area contributed by atoms with Gasteiger partial charge in [-0.25, -0.2) is 8.42 Å². The molecule has 0 spiro atoms. The summed E-state index contributed by atoms with van der Waals surface area (Å²) in [6.07, 6.45) is 1.90. The lowest BCUT2D eigenvalue weighted by atomic mass is 10.1. The van der Waals surface area contributed by atoms with Crippen LogP contribution in [0.2, 0.25) is 0 Å². The van der Waals surface area contributed by atoms with Crippen LogP contribution in [0.4, 0.5) is 5.69 Å². The minimum atomic E-state index is -3.44.